The predicted octanol–water partition coefficient (Wildman–Crippen LogP) is 2.94. The van der Waals surface area contributed by atoms with E-state index < -0.39 is 5.82 Å². The van der Waals surface area contributed by atoms with Gasteiger partial charge < -0.3 is 9.73 Å². The maximum absolute atomic E-state index is 12.9. The first-order valence-electron chi connectivity index (χ1n) is 6.74. The summed E-state index contributed by atoms with van der Waals surface area (Å²) < 4.78 is 31.1. The molecule has 0 aliphatic rings. The van der Waals surface area contributed by atoms with E-state index in [0.717, 1.165) is 0 Å². The summed E-state index contributed by atoms with van der Waals surface area (Å²) >= 11 is 0. The molecule has 7 heteroatoms. The molecule has 1 N–H and O–H groups in total. The van der Waals surface area contributed by atoms with Gasteiger partial charge in [0.1, 0.15) is 11.6 Å². The fourth-order valence-electron chi connectivity index (χ4n) is 1.89. The van der Waals surface area contributed by atoms with Gasteiger partial charge in [0.2, 0.25) is 11.8 Å². The van der Waals surface area contributed by atoms with Crippen LogP contribution in [0, 0.1) is 11.6 Å². The summed E-state index contributed by atoms with van der Waals surface area (Å²) in [5.41, 5.74) is 0.902. The van der Waals surface area contributed by atoms with Crippen LogP contribution < -0.4 is 5.32 Å². The highest BCUT2D eigenvalue weighted by Gasteiger charge is 2.11. The van der Waals surface area contributed by atoms with Crippen molar-refractivity contribution in [3.63, 3.8) is 0 Å². The second-order valence-electron chi connectivity index (χ2n) is 4.70. The normalized spacial score (nSPS) is 10.5. The van der Waals surface area contributed by atoms with Crippen molar-refractivity contribution in [2.45, 2.75) is 6.54 Å². The van der Waals surface area contributed by atoms with Crippen molar-refractivity contribution in [3.05, 3.63) is 71.6 Å². The number of aromatic nitrogens is 2. The van der Waals surface area contributed by atoms with Gasteiger partial charge in [0, 0.05) is 11.1 Å². The molecule has 0 saturated carbocycles. The Morgan fingerprint density at radius 2 is 1.57 bits per heavy atom. The Morgan fingerprint density at radius 3 is 2.22 bits per heavy atom. The maximum Gasteiger partial charge on any atom is 0.251 e. The number of nitrogens with one attached hydrogen (secondary N) is 1. The highest BCUT2D eigenvalue weighted by Crippen LogP contribution is 2.17. The minimum absolute atomic E-state index is 0.0321. The topological polar surface area (TPSA) is 68.0 Å². The Bertz CT molecular complexity index is 814. The second-order valence-corrected chi connectivity index (χ2v) is 4.70. The maximum atomic E-state index is 12.9. The molecule has 3 rings (SSSR count). The van der Waals surface area contributed by atoms with Crippen LogP contribution in [0.2, 0.25) is 0 Å². The van der Waals surface area contributed by atoms with Gasteiger partial charge in [-0.15, -0.1) is 10.2 Å². The Labute approximate surface area is 130 Å². The van der Waals surface area contributed by atoms with Crippen LogP contribution in [0.5, 0.6) is 0 Å². The fraction of sp³-hybridized carbons (Fsp3) is 0.0625. The fourth-order valence-corrected chi connectivity index (χ4v) is 1.89. The van der Waals surface area contributed by atoms with Gasteiger partial charge in [-0.1, -0.05) is 0 Å². The van der Waals surface area contributed by atoms with E-state index in [1.165, 1.54) is 48.5 Å². The first-order valence-corrected chi connectivity index (χ1v) is 6.74. The summed E-state index contributed by atoms with van der Waals surface area (Å²) in [6.07, 6.45) is 0. The highest BCUT2D eigenvalue weighted by molar-refractivity contribution is 5.94. The number of rotatable bonds is 4. The SMILES string of the molecule is O=C(NCc1nnc(-c2ccc(F)cc2)o1)c1ccc(F)cc1. The zero-order valence-electron chi connectivity index (χ0n) is 11.8. The van der Waals surface area contributed by atoms with Gasteiger partial charge in [-0.25, -0.2) is 8.78 Å². The summed E-state index contributed by atoms with van der Waals surface area (Å²) in [7, 11) is 0. The third kappa shape index (κ3) is 3.57. The molecule has 0 spiro atoms. The molecule has 1 aromatic heterocycles. The van der Waals surface area contributed by atoms with Gasteiger partial charge in [0.25, 0.3) is 5.91 Å². The zero-order valence-corrected chi connectivity index (χ0v) is 11.8. The van der Waals surface area contributed by atoms with Gasteiger partial charge in [0.05, 0.1) is 6.54 Å². The summed E-state index contributed by atoms with van der Waals surface area (Å²) in [5, 5.41) is 10.2. The minimum Gasteiger partial charge on any atom is -0.419 e. The van der Waals surface area contributed by atoms with Gasteiger partial charge in [-0.05, 0) is 48.5 Å². The lowest BCUT2D eigenvalue weighted by Crippen LogP contribution is -2.22. The second kappa shape index (κ2) is 6.35. The van der Waals surface area contributed by atoms with E-state index in [1.807, 2.05) is 0 Å². The molecule has 0 unspecified atom stereocenters. The van der Waals surface area contributed by atoms with E-state index in [4.69, 9.17) is 4.42 Å². The van der Waals surface area contributed by atoms with Gasteiger partial charge in [-0.2, -0.15) is 0 Å². The van der Waals surface area contributed by atoms with Crippen molar-refractivity contribution in [2.75, 3.05) is 0 Å². The largest absolute Gasteiger partial charge is 0.419 e. The average Bonchev–Trinajstić information content (AvgIpc) is 3.03. The Morgan fingerprint density at radius 1 is 0.957 bits per heavy atom. The average molecular weight is 315 g/mol. The molecule has 0 atom stereocenters. The monoisotopic (exact) mass is 315 g/mol. The van der Waals surface area contributed by atoms with Crippen molar-refractivity contribution in [1.82, 2.24) is 15.5 Å². The molecular weight excluding hydrogens is 304 g/mol. The molecule has 3 aromatic rings. The van der Waals surface area contributed by atoms with E-state index in [-0.39, 0.29) is 30.1 Å². The van der Waals surface area contributed by atoms with Gasteiger partial charge >= 0.3 is 0 Å². The highest BCUT2D eigenvalue weighted by atomic mass is 19.1. The molecule has 0 saturated heterocycles. The number of amides is 1. The van der Waals surface area contributed by atoms with Crippen LogP contribution in [0.1, 0.15) is 16.2 Å². The lowest BCUT2D eigenvalue weighted by atomic mass is 10.2. The molecule has 2 aromatic carbocycles. The molecule has 0 bridgehead atoms. The third-order valence-electron chi connectivity index (χ3n) is 3.06. The predicted molar refractivity (Wildman–Crippen MR) is 77.3 cm³/mol. The standard InChI is InChI=1S/C16H11F2N3O2/c17-12-5-1-10(2-6-12)15(22)19-9-14-20-21-16(23-14)11-3-7-13(18)8-4-11/h1-8H,9H2,(H,19,22). The molecule has 0 aliphatic carbocycles. The first-order chi connectivity index (χ1) is 11.1. The number of benzene rings is 2. The van der Waals surface area contributed by atoms with E-state index in [2.05, 4.69) is 15.5 Å². The summed E-state index contributed by atoms with van der Waals surface area (Å²) in [6, 6.07) is 10.8. The van der Waals surface area contributed by atoms with Crippen LogP contribution in [-0.4, -0.2) is 16.1 Å². The molecule has 5 nitrogen and oxygen atoms in total. The van der Waals surface area contributed by atoms with E-state index in [1.54, 1.807) is 0 Å². The lowest BCUT2D eigenvalue weighted by Gasteiger charge is -2.02. The van der Waals surface area contributed by atoms with Gasteiger partial charge in [-0.3, -0.25) is 4.79 Å². The van der Waals surface area contributed by atoms with Crippen molar-refractivity contribution in [3.8, 4) is 11.5 Å². The quantitative estimate of drug-likeness (QED) is 0.804. The first kappa shape index (κ1) is 14.8. The Kier molecular flexibility index (Phi) is 4.09. The molecule has 0 aliphatic heterocycles. The van der Waals surface area contributed by atoms with Crippen LogP contribution >= 0.6 is 0 Å². The van der Waals surface area contributed by atoms with E-state index in [0.29, 0.717) is 11.1 Å². The molecule has 23 heavy (non-hydrogen) atoms. The van der Waals surface area contributed by atoms with Crippen LogP contribution in [0.25, 0.3) is 11.5 Å². The van der Waals surface area contributed by atoms with Crippen molar-refractivity contribution in [1.29, 1.82) is 0 Å². The molecular formula is C16H11F2N3O2. The molecule has 1 amide bonds. The number of nitrogens with zero attached hydrogens (tertiary/aromatic N) is 2. The number of hydrogen-bond acceptors (Lipinski definition) is 4. The van der Waals surface area contributed by atoms with Crippen molar-refractivity contribution in [2.24, 2.45) is 0 Å². The molecule has 1 heterocycles. The minimum atomic E-state index is -0.414. The molecule has 116 valence electrons. The lowest BCUT2D eigenvalue weighted by molar-refractivity contribution is 0.0947. The zero-order chi connectivity index (χ0) is 16.2. The Balaban J connectivity index is 1.64. The molecule has 0 fully saturated rings. The molecule has 0 radical (unpaired) electrons. The van der Waals surface area contributed by atoms with Crippen molar-refractivity contribution >= 4 is 5.91 Å². The van der Waals surface area contributed by atoms with Crippen LogP contribution in [0.4, 0.5) is 8.78 Å². The summed E-state index contributed by atoms with van der Waals surface area (Å²) in [6.45, 7) is 0.0321. The summed E-state index contributed by atoms with van der Waals surface area (Å²) in [5.74, 6) is -0.718. The number of hydrogen-bond donors (Lipinski definition) is 1. The van der Waals surface area contributed by atoms with Crippen LogP contribution in [-0.2, 0) is 6.54 Å². The Hall–Kier alpha value is -3.09. The van der Waals surface area contributed by atoms with E-state index in [9.17, 15) is 13.6 Å². The number of carbonyl (C=O) groups excluding carboxylic acids is 1. The smallest absolute Gasteiger partial charge is 0.251 e. The number of halogens is 2. The van der Waals surface area contributed by atoms with Crippen LogP contribution in [0.15, 0.2) is 52.9 Å². The van der Waals surface area contributed by atoms with Gasteiger partial charge in [0.15, 0.2) is 0 Å². The van der Waals surface area contributed by atoms with E-state index >= 15 is 0 Å². The van der Waals surface area contributed by atoms with Crippen molar-refractivity contribution < 1.29 is 18.0 Å². The number of carbonyl (C=O) groups is 1. The van der Waals surface area contributed by atoms with Crippen LogP contribution in [0.3, 0.4) is 0 Å². The summed E-state index contributed by atoms with van der Waals surface area (Å²) in [4.78, 5) is 11.9. The third-order valence-corrected chi connectivity index (χ3v) is 3.06.